The van der Waals surface area contributed by atoms with Crippen molar-refractivity contribution >= 4 is 11.8 Å². The van der Waals surface area contributed by atoms with Gasteiger partial charge in [0.1, 0.15) is 11.9 Å². The van der Waals surface area contributed by atoms with Crippen LogP contribution in [0.2, 0.25) is 0 Å². The molecule has 0 aliphatic carbocycles. The van der Waals surface area contributed by atoms with Gasteiger partial charge >= 0.3 is 6.16 Å². The number of nitrogens with zero attached hydrogens (tertiary/aromatic N) is 1. The van der Waals surface area contributed by atoms with E-state index in [9.17, 15) is 14.9 Å². The minimum atomic E-state index is -0.852. The Morgan fingerprint density at radius 1 is 1.21 bits per heavy atom. The van der Waals surface area contributed by atoms with Crippen LogP contribution in [0.25, 0.3) is 0 Å². The molecule has 8 nitrogen and oxygen atoms in total. The van der Waals surface area contributed by atoms with Crippen molar-refractivity contribution in [2.75, 3.05) is 13.2 Å². The summed E-state index contributed by atoms with van der Waals surface area (Å²) in [5.74, 6) is 0.582. The van der Waals surface area contributed by atoms with Crippen molar-refractivity contribution in [3.8, 4) is 5.75 Å². The van der Waals surface area contributed by atoms with Crippen LogP contribution < -0.4 is 4.74 Å². The molecule has 0 spiro atoms. The Hall–Kier alpha value is -2.19. The van der Waals surface area contributed by atoms with E-state index in [1.165, 1.54) is 24.3 Å². The maximum absolute atomic E-state index is 12.0. The first-order valence-electron chi connectivity index (χ1n) is 7.89. The molecule has 8 heteroatoms. The topological polar surface area (TPSA) is 97.1 Å². The number of fused-ring (bicyclic) bond motifs is 3. The number of nitro benzene ring substituents is 1. The third-order valence-corrected chi connectivity index (χ3v) is 4.38. The molecule has 4 atom stereocenters. The Bertz CT molecular complexity index is 601. The highest BCUT2D eigenvalue weighted by atomic mass is 16.7. The lowest BCUT2D eigenvalue weighted by atomic mass is 9.93. The maximum Gasteiger partial charge on any atom is 0.514 e. The number of non-ortho nitro benzene ring substituents is 1. The van der Waals surface area contributed by atoms with E-state index >= 15 is 0 Å². The van der Waals surface area contributed by atoms with Gasteiger partial charge in [-0.25, -0.2) is 4.79 Å². The fourth-order valence-electron chi connectivity index (χ4n) is 2.92. The molecule has 0 aromatic heterocycles. The molecule has 0 amide bonds. The van der Waals surface area contributed by atoms with Gasteiger partial charge in [0.25, 0.3) is 5.69 Å². The molecule has 0 saturated carbocycles. The van der Waals surface area contributed by atoms with Crippen LogP contribution in [0.4, 0.5) is 10.5 Å². The highest BCUT2D eigenvalue weighted by molar-refractivity contribution is 5.64. The Kier molecular flexibility index (Phi) is 4.96. The van der Waals surface area contributed by atoms with Gasteiger partial charge in [0.05, 0.1) is 18.1 Å². The Balaban J connectivity index is 1.57. The molecule has 2 aliphatic heterocycles. The van der Waals surface area contributed by atoms with Crippen molar-refractivity contribution < 1.29 is 28.7 Å². The minimum Gasteiger partial charge on any atom is -0.428 e. The van der Waals surface area contributed by atoms with Gasteiger partial charge in [0.15, 0.2) is 6.29 Å². The summed E-state index contributed by atoms with van der Waals surface area (Å²) in [6.07, 6.45) is 0.320. The van der Waals surface area contributed by atoms with Gasteiger partial charge in [-0.3, -0.25) is 10.1 Å². The van der Waals surface area contributed by atoms with E-state index in [1.807, 2.05) is 0 Å². The average Bonchev–Trinajstić information content (AvgIpc) is 2.86. The Morgan fingerprint density at radius 2 is 1.92 bits per heavy atom. The zero-order chi connectivity index (χ0) is 17.1. The van der Waals surface area contributed by atoms with Gasteiger partial charge in [0.2, 0.25) is 0 Å². The molecule has 1 aromatic rings. The number of rotatable bonds is 3. The largest absolute Gasteiger partial charge is 0.514 e. The summed E-state index contributed by atoms with van der Waals surface area (Å²) in [6.45, 7) is 2.84. The zero-order valence-corrected chi connectivity index (χ0v) is 13.3. The molecule has 2 bridgehead atoms. The second-order valence-corrected chi connectivity index (χ2v) is 6.11. The number of benzene rings is 1. The molecule has 2 heterocycles. The number of hydrogen-bond donors (Lipinski definition) is 0. The Morgan fingerprint density at radius 3 is 2.62 bits per heavy atom. The second kappa shape index (κ2) is 7.14. The lowest BCUT2D eigenvalue weighted by Gasteiger charge is -2.26. The van der Waals surface area contributed by atoms with E-state index in [4.69, 9.17) is 18.9 Å². The highest BCUT2D eigenvalue weighted by Crippen LogP contribution is 2.31. The molecule has 4 unspecified atom stereocenters. The quantitative estimate of drug-likeness (QED) is 0.362. The lowest BCUT2D eigenvalue weighted by Crippen LogP contribution is -2.35. The van der Waals surface area contributed by atoms with Crippen LogP contribution >= 0.6 is 0 Å². The minimum absolute atomic E-state index is 0.0735. The first kappa shape index (κ1) is 16.7. The van der Waals surface area contributed by atoms with E-state index in [2.05, 4.69) is 6.92 Å². The van der Waals surface area contributed by atoms with Gasteiger partial charge in [-0.15, -0.1) is 0 Å². The molecule has 130 valence electrons. The molecular weight excluding hydrogens is 318 g/mol. The second-order valence-electron chi connectivity index (χ2n) is 6.11. The van der Waals surface area contributed by atoms with Crippen molar-refractivity contribution in [3.05, 3.63) is 34.4 Å². The number of carbonyl (C=O) groups is 1. The monoisotopic (exact) mass is 337 g/mol. The van der Waals surface area contributed by atoms with Crippen LogP contribution in [0, 0.1) is 22.0 Å². The van der Waals surface area contributed by atoms with Crippen LogP contribution in [0.5, 0.6) is 5.75 Å². The van der Waals surface area contributed by atoms with Crippen LogP contribution in [0.15, 0.2) is 24.3 Å². The van der Waals surface area contributed by atoms with Gasteiger partial charge in [0, 0.05) is 24.0 Å². The SMILES string of the molecule is CC1CCC2COC1OCC2OC(=O)Oc1ccc([N+](=O)[O-])cc1. The number of ether oxygens (including phenoxy) is 4. The van der Waals surface area contributed by atoms with Crippen molar-refractivity contribution in [1.82, 2.24) is 0 Å². The smallest absolute Gasteiger partial charge is 0.428 e. The number of hydrogen-bond acceptors (Lipinski definition) is 7. The molecule has 2 aliphatic rings. The summed E-state index contributed by atoms with van der Waals surface area (Å²) in [5, 5.41) is 10.6. The molecule has 1 aromatic carbocycles. The van der Waals surface area contributed by atoms with Crippen molar-refractivity contribution in [2.24, 2.45) is 11.8 Å². The number of nitro groups is 1. The first-order chi connectivity index (χ1) is 11.5. The maximum atomic E-state index is 12.0. The predicted molar refractivity (Wildman–Crippen MR) is 81.6 cm³/mol. The van der Waals surface area contributed by atoms with Gasteiger partial charge in [-0.2, -0.15) is 0 Å². The van der Waals surface area contributed by atoms with Gasteiger partial charge in [-0.1, -0.05) is 6.92 Å². The summed E-state index contributed by atoms with van der Waals surface area (Å²) < 4.78 is 21.8. The zero-order valence-electron chi connectivity index (χ0n) is 13.3. The summed E-state index contributed by atoms with van der Waals surface area (Å²) in [7, 11) is 0. The third kappa shape index (κ3) is 3.82. The van der Waals surface area contributed by atoms with E-state index in [-0.39, 0.29) is 30.3 Å². The molecule has 0 radical (unpaired) electrons. The predicted octanol–water partition coefficient (Wildman–Crippen LogP) is 2.90. The summed E-state index contributed by atoms with van der Waals surface area (Å²) >= 11 is 0. The molecule has 2 fully saturated rings. The molecule has 24 heavy (non-hydrogen) atoms. The standard InChI is InChI=1S/C16H19NO7/c1-10-2-3-11-8-21-15(10)22-9-14(11)24-16(18)23-13-6-4-12(5-7-13)17(19)20/h4-7,10-11,14-15H,2-3,8-9H2,1H3. The van der Waals surface area contributed by atoms with Crippen molar-refractivity contribution in [3.63, 3.8) is 0 Å². The van der Waals surface area contributed by atoms with E-state index in [0.29, 0.717) is 12.5 Å². The van der Waals surface area contributed by atoms with E-state index in [1.54, 1.807) is 0 Å². The number of carbonyl (C=O) groups excluding carboxylic acids is 1. The van der Waals surface area contributed by atoms with Gasteiger partial charge in [-0.05, 0) is 25.0 Å². The van der Waals surface area contributed by atoms with Gasteiger partial charge < -0.3 is 18.9 Å². The fraction of sp³-hybridized carbons (Fsp3) is 0.562. The highest BCUT2D eigenvalue weighted by Gasteiger charge is 2.37. The van der Waals surface area contributed by atoms with Crippen LogP contribution in [0.1, 0.15) is 19.8 Å². The molecule has 3 rings (SSSR count). The van der Waals surface area contributed by atoms with Crippen LogP contribution in [-0.4, -0.2) is 36.7 Å². The van der Waals surface area contributed by atoms with E-state index in [0.717, 1.165) is 12.8 Å². The molecule has 2 saturated heterocycles. The van der Waals surface area contributed by atoms with Crippen LogP contribution in [-0.2, 0) is 14.2 Å². The third-order valence-electron chi connectivity index (χ3n) is 4.38. The summed E-state index contributed by atoms with van der Waals surface area (Å²) in [5.41, 5.74) is -0.0765. The summed E-state index contributed by atoms with van der Waals surface area (Å²) in [4.78, 5) is 22.0. The average molecular weight is 337 g/mol. The molecule has 0 N–H and O–H groups in total. The summed E-state index contributed by atoms with van der Waals surface area (Å²) in [6, 6.07) is 5.23. The lowest BCUT2D eigenvalue weighted by molar-refractivity contribution is -0.384. The van der Waals surface area contributed by atoms with Crippen molar-refractivity contribution in [2.45, 2.75) is 32.2 Å². The van der Waals surface area contributed by atoms with Crippen molar-refractivity contribution in [1.29, 1.82) is 0 Å². The fourth-order valence-corrected chi connectivity index (χ4v) is 2.92. The van der Waals surface area contributed by atoms with E-state index < -0.39 is 17.2 Å². The van der Waals surface area contributed by atoms with Crippen LogP contribution in [0.3, 0.4) is 0 Å². The molecular formula is C16H19NO7. The first-order valence-corrected chi connectivity index (χ1v) is 7.89. The normalized spacial score (nSPS) is 29.4. The Labute approximate surface area is 138 Å².